The maximum Gasteiger partial charge on any atom is 0.195 e. The lowest BCUT2D eigenvalue weighted by atomic mass is 10.2. The zero-order valence-corrected chi connectivity index (χ0v) is 11.3. The van der Waals surface area contributed by atoms with Crippen molar-refractivity contribution < 1.29 is 0 Å². The average molecular weight is 271 g/mol. The monoisotopic (exact) mass is 271 g/mol. The average Bonchev–Trinajstić information content (AvgIpc) is 2.99. The number of aromatic amines is 1. The summed E-state index contributed by atoms with van der Waals surface area (Å²) in [7, 11) is 1.90. The number of rotatable bonds is 3. The molecule has 6 heteroatoms. The van der Waals surface area contributed by atoms with E-state index in [1.165, 1.54) is 0 Å². The first-order valence-electron chi connectivity index (χ1n) is 5.93. The van der Waals surface area contributed by atoms with Crippen molar-refractivity contribution in [1.29, 1.82) is 0 Å². The van der Waals surface area contributed by atoms with Crippen LogP contribution in [0.4, 0.5) is 0 Å². The summed E-state index contributed by atoms with van der Waals surface area (Å²) in [4.78, 5) is 0. The summed E-state index contributed by atoms with van der Waals surface area (Å²) in [6.07, 6.45) is 1.92. The third-order valence-electron chi connectivity index (χ3n) is 2.88. The van der Waals surface area contributed by atoms with Crippen molar-refractivity contribution in [3.05, 3.63) is 53.1 Å². The molecule has 2 heterocycles. The largest absolute Gasteiger partial charge is 0.294 e. The lowest BCUT2D eigenvalue weighted by Crippen LogP contribution is -2.03. The summed E-state index contributed by atoms with van der Waals surface area (Å²) in [6, 6.07) is 12.0. The number of benzene rings is 1. The highest BCUT2D eigenvalue weighted by Gasteiger charge is 2.09. The van der Waals surface area contributed by atoms with E-state index in [0.717, 1.165) is 17.1 Å². The van der Waals surface area contributed by atoms with Crippen LogP contribution in [-0.4, -0.2) is 24.5 Å². The van der Waals surface area contributed by atoms with E-state index in [1.807, 2.05) is 54.2 Å². The van der Waals surface area contributed by atoms with Crippen molar-refractivity contribution in [2.45, 2.75) is 6.54 Å². The molecule has 0 amide bonds. The Bertz CT molecular complexity index is 738. The van der Waals surface area contributed by atoms with Crippen LogP contribution in [-0.2, 0) is 13.6 Å². The van der Waals surface area contributed by atoms with E-state index in [2.05, 4.69) is 15.3 Å². The Morgan fingerprint density at radius 1 is 1.21 bits per heavy atom. The van der Waals surface area contributed by atoms with Crippen molar-refractivity contribution in [2.24, 2.45) is 7.05 Å². The molecule has 0 fully saturated rings. The molecule has 3 aromatic rings. The number of aryl methyl sites for hydroxylation is 1. The van der Waals surface area contributed by atoms with E-state index < -0.39 is 0 Å². The molecule has 0 aliphatic heterocycles. The van der Waals surface area contributed by atoms with Crippen LogP contribution in [0, 0.1) is 4.77 Å². The predicted octanol–water partition coefficient (Wildman–Crippen LogP) is 2.39. The molecule has 2 aromatic heterocycles. The molecule has 0 aliphatic rings. The predicted molar refractivity (Wildman–Crippen MR) is 75.2 cm³/mol. The van der Waals surface area contributed by atoms with Crippen LogP contribution in [0.25, 0.3) is 11.4 Å². The fraction of sp³-hybridized carbons (Fsp3) is 0.154. The van der Waals surface area contributed by atoms with E-state index in [9.17, 15) is 0 Å². The Balaban J connectivity index is 2.02. The van der Waals surface area contributed by atoms with Crippen LogP contribution in [0.2, 0.25) is 0 Å². The van der Waals surface area contributed by atoms with Crippen LogP contribution in [0.1, 0.15) is 5.69 Å². The zero-order chi connectivity index (χ0) is 13.2. The van der Waals surface area contributed by atoms with Gasteiger partial charge in [-0.05, 0) is 18.3 Å². The van der Waals surface area contributed by atoms with E-state index in [0.29, 0.717) is 11.3 Å². The number of nitrogens with zero attached hydrogens (tertiary/aromatic N) is 4. The lowest BCUT2D eigenvalue weighted by Gasteiger charge is -2.04. The molecule has 0 saturated carbocycles. The van der Waals surface area contributed by atoms with Crippen molar-refractivity contribution in [1.82, 2.24) is 24.5 Å². The highest BCUT2D eigenvalue weighted by Crippen LogP contribution is 2.17. The van der Waals surface area contributed by atoms with Gasteiger partial charge in [-0.15, -0.1) is 0 Å². The first-order chi connectivity index (χ1) is 9.24. The standard InChI is InChI=1S/C13H13N5S/c1-17-8-7-11(16-17)9-18-12(14-15-13(18)19)10-5-3-2-4-6-10/h2-8H,9H2,1H3,(H,15,19). The number of H-pyrrole nitrogens is 1. The van der Waals surface area contributed by atoms with Gasteiger partial charge in [0.25, 0.3) is 0 Å². The minimum atomic E-state index is 0.601. The Morgan fingerprint density at radius 2 is 2.00 bits per heavy atom. The first-order valence-corrected chi connectivity index (χ1v) is 6.34. The topological polar surface area (TPSA) is 51.4 Å². The second kappa shape index (κ2) is 4.81. The summed E-state index contributed by atoms with van der Waals surface area (Å²) >= 11 is 5.29. The maximum atomic E-state index is 5.29. The summed E-state index contributed by atoms with van der Waals surface area (Å²) in [5, 5.41) is 11.5. The van der Waals surface area contributed by atoms with Gasteiger partial charge in [0.1, 0.15) is 0 Å². The fourth-order valence-electron chi connectivity index (χ4n) is 1.98. The minimum absolute atomic E-state index is 0.601. The molecule has 0 atom stereocenters. The van der Waals surface area contributed by atoms with Crippen LogP contribution in [0.3, 0.4) is 0 Å². The van der Waals surface area contributed by atoms with E-state index in [1.54, 1.807) is 4.68 Å². The number of aromatic nitrogens is 5. The van der Waals surface area contributed by atoms with Gasteiger partial charge in [0, 0.05) is 18.8 Å². The smallest absolute Gasteiger partial charge is 0.195 e. The second-order valence-electron chi connectivity index (χ2n) is 4.29. The van der Waals surface area contributed by atoms with Crippen molar-refractivity contribution in [3.63, 3.8) is 0 Å². The Morgan fingerprint density at radius 3 is 2.68 bits per heavy atom. The van der Waals surface area contributed by atoms with Gasteiger partial charge in [-0.2, -0.15) is 10.2 Å². The number of hydrogen-bond donors (Lipinski definition) is 1. The van der Waals surface area contributed by atoms with Gasteiger partial charge >= 0.3 is 0 Å². The van der Waals surface area contributed by atoms with Crippen LogP contribution in [0.5, 0.6) is 0 Å². The van der Waals surface area contributed by atoms with Gasteiger partial charge in [0.05, 0.1) is 12.2 Å². The van der Waals surface area contributed by atoms with E-state index in [4.69, 9.17) is 12.2 Å². The molecule has 3 rings (SSSR count). The number of hydrogen-bond acceptors (Lipinski definition) is 3. The Labute approximate surface area is 115 Å². The van der Waals surface area contributed by atoms with Gasteiger partial charge in [0.2, 0.25) is 0 Å². The third kappa shape index (κ3) is 2.34. The maximum absolute atomic E-state index is 5.29. The molecule has 5 nitrogen and oxygen atoms in total. The summed E-state index contributed by atoms with van der Waals surface area (Å²) in [6.45, 7) is 0.612. The zero-order valence-electron chi connectivity index (χ0n) is 10.4. The molecule has 1 aromatic carbocycles. The van der Waals surface area contributed by atoms with E-state index in [-0.39, 0.29) is 0 Å². The molecule has 96 valence electrons. The molecule has 1 N–H and O–H groups in total. The molecule has 0 spiro atoms. The molecule has 19 heavy (non-hydrogen) atoms. The highest BCUT2D eigenvalue weighted by atomic mass is 32.1. The number of nitrogens with one attached hydrogen (secondary N) is 1. The minimum Gasteiger partial charge on any atom is -0.294 e. The molecule has 0 aliphatic carbocycles. The second-order valence-corrected chi connectivity index (χ2v) is 4.67. The molecular weight excluding hydrogens is 258 g/mol. The quantitative estimate of drug-likeness (QED) is 0.744. The SMILES string of the molecule is Cn1ccc(Cn2c(-c3ccccc3)n[nH]c2=S)n1. The molecule has 0 saturated heterocycles. The molecule has 0 bridgehead atoms. The van der Waals surface area contributed by atoms with Crippen molar-refractivity contribution in [3.8, 4) is 11.4 Å². The highest BCUT2D eigenvalue weighted by molar-refractivity contribution is 7.71. The van der Waals surface area contributed by atoms with Crippen molar-refractivity contribution in [2.75, 3.05) is 0 Å². The third-order valence-corrected chi connectivity index (χ3v) is 3.19. The van der Waals surface area contributed by atoms with Gasteiger partial charge in [0.15, 0.2) is 10.6 Å². The fourth-order valence-corrected chi connectivity index (χ4v) is 2.18. The Kier molecular flexibility index (Phi) is 3.00. The first kappa shape index (κ1) is 11.9. The Hall–Kier alpha value is -2.21. The molecule has 0 unspecified atom stereocenters. The summed E-state index contributed by atoms with van der Waals surface area (Å²) in [5.41, 5.74) is 1.99. The van der Waals surface area contributed by atoms with E-state index >= 15 is 0 Å². The van der Waals surface area contributed by atoms with Crippen LogP contribution in [0.15, 0.2) is 42.6 Å². The van der Waals surface area contributed by atoms with Gasteiger partial charge in [-0.25, -0.2) is 0 Å². The van der Waals surface area contributed by atoms with Crippen molar-refractivity contribution >= 4 is 12.2 Å². The lowest BCUT2D eigenvalue weighted by molar-refractivity contribution is 0.704. The summed E-state index contributed by atoms with van der Waals surface area (Å²) in [5.74, 6) is 0.830. The van der Waals surface area contributed by atoms with Gasteiger partial charge in [-0.3, -0.25) is 14.3 Å². The van der Waals surface area contributed by atoms with Crippen LogP contribution < -0.4 is 0 Å². The van der Waals surface area contributed by atoms with Gasteiger partial charge in [-0.1, -0.05) is 30.3 Å². The normalized spacial score (nSPS) is 10.8. The molecule has 0 radical (unpaired) electrons. The van der Waals surface area contributed by atoms with Crippen LogP contribution >= 0.6 is 12.2 Å². The summed E-state index contributed by atoms with van der Waals surface area (Å²) < 4.78 is 4.33. The molecular formula is C13H13N5S. The van der Waals surface area contributed by atoms with Gasteiger partial charge < -0.3 is 0 Å².